The summed E-state index contributed by atoms with van der Waals surface area (Å²) < 4.78 is 11.1. The van der Waals surface area contributed by atoms with E-state index in [1.165, 1.54) is 7.11 Å². The largest absolute Gasteiger partial charge is 0.465 e. The number of alkyl carbamates (subject to hydrolysis) is 1. The summed E-state index contributed by atoms with van der Waals surface area (Å²) in [5.41, 5.74) is 5.15. The number of imidazole rings is 2. The molecule has 3 aromatic heterocycles. The van der Waals surface area contributed by atoms with Gasteiger partial charge in [0.25, 0.3) is 0 Å². The molecule has 4 amide bonds. The summed E-state index contributed by atoms with van der Waals surface area (Å²) >= 11 is 0. The molecular formula is C43H52N8O7. The number of hydrogen-bond acceptors (Lipinski definition) is 8. The number of likely N-dealkylation sites (tertiary alicyclic amines) is 2. The first-order valence-electron chi connectivity index (χ1n) is 20.1. The molecule has 0 unspecified atom stereocenters. The maximum atomic E-state index is 13.7. The van der Waals surface area contributed by atoms with Crippen LogP contribution in [0.15, 0.2) is 65.3 Å². The molecule has 0 radical (unpaired) electrons. The Hall–Kier alpha value is -6.12. The standard InChI is InChI=1S/C43H52N8O7/c1-24(2)18-30(48-42(54)55)40(52)50-16-6-8-34(50)38-44-22-32(46-38)26-10-12-27(13-11-26)37-21-29-20-28(14-15-36(29)58-37)33-23-45-39(47-33)35-9-7-17-51(35)41(53)31(19-25(3)4)49-43(56)57-5/h10-15,20-25,30-31,34-35,48H,6-9,16-19H2,1-5H3,(H,44,46)(H,45,47)(H,49,56)(H,54,55)/t30-,31-,34-,35-/m0/s1. The van der Waals surface area contributed by atoms with E-state index in [0.29, 0.717) is 37.6 Å². The van der Waals surface area contributed by atoms with Gasteiger partial charge < -0.3 is 44.7 Å². The van der Waals surface area contributed by atoms with E-state index < -0.39 is 24.3 Å². The zero-order valence-corrected chi connectivity index (χ0v) is 33.6. The highest BCUT2D eigenvalue weighted by Crippen LogP contribution is 2.36. The van der Waals surface area contributed by atoms with Crippen molar-refractivity contribution in [1.29, 1.82) is 0 Å². The summed E-state index contributed by atoms with van der Waals surface area (Å²) in [4.78, 5) is 70.4. The first-order chi connectivity index (χ1) is 27.9. The van der Waals surface area contributed by atoms with Gasteiger partial charge in [0, 0.05) is 29.6 Å². The van der Waals surface area contributed by atoms with E-state index in [1.54, 1.807) is 17.3 Å². The normalized spacial score (nSPS) is 17.9. The van der Waals surface area contributed by atoms with Gasteiger partial charge in [-0.05, 0) is 80.2 Å². The molecule has 0 saturated carbocycles. The van der Waals surface area contributed by atoms with Crippen LogP contribution in [-0.2, 0) is 14.3 Å². The molecule has 4 atom stereocenters. The Kier molecular flexibility index (Phi) is 11.9. The van der Waals surface area contributed by atoms with Gasteiger partial charge in [-0.3, -0.25) is 9.59 Å². The lowest BCUT2D eigenvalue weighted by Crippen LogP contribution is -2.49. The van der Waals surface area contributed by atoms with Gasteiger partial charge in [0.05, 0.1) is 43.0 Å². The van der Waals surface area contributed by atoms with Crippen LogP contribution in [0.3, 0.4) is 0 Å². The predicted molar refractivity (Wildman–Crippen MR) is 217 cm³/mol. The number of hydrogen-bond donors (Lipinski definition) is 5. The van der Waals surface area contributed by atoms with Gasteiger partial charge in [-0.15, -0.1) is 0 Å². The first kappa shape index (κ1) is 40.1. The molecule has 2 saturated heterocycles. The van der Waals surface area contributed by atoms with Crippen molar-refractivity contribution in [1.82, 2.24) is 40.4 Å². The Morgan fingerprint density at radius 2 is 1.29 bits per heavy atom. The number of fused-ring (bicyclic) bond motifs is 1. The molecule has 5 heterocycles. The number of ether oxygens (including phenoxy) is 1. The highest BCUT2D eigenvalue weighted by atomic mass is 16.5. The van der Waals surface area contributed by atoms with Crippen molar-refractivity contribution >= 4 is 35.0 Å². The maximum absolute atomic E-state index is 13.7. The number of carbonyl (C=O) groups is 4. The summed E-state index contributed by atoms with van der Waals surface area (Å²) in [6, 6.07) is 14.0. The van der Waals surface area contributed by atoms with Gasteiger partial charge in [0.15, 0.2) is 0 Å². The number of aromatic nitrogens is 4. The molecule has 0 spiro atoms. The number of aromatic amines is 2. The third-order valence-corrected chi connectivity index (χ3v) is 11.0. The second kappa shape index (κ2) is 17.2. The van der Waals surface area contributed by atoms with E-state index in [-0.39, 0.29) is 35.7 Å². The highest BCUT2D eigenvalue weighted by molar-refractivity contribution is 5.88. The van der Waals surface area contributed by atoms with E-state index in [1.807, 2.05) is 75.1 Å². The van der Waals surface area contributed by atoms with Gasteiger partial charge in [-0.2, -0.15) is 0 Å². The van der Waals surface area contributed by atoms with Crippen molar-refractivity contribution < 1.29 is 33.4 Å². The Labute approximate surface area is 336 Å². The molecule has 2 aliphatic rings. The van der Waals surface area contributed by atoms with Crippen LogP contribution in [0.4, 0.5) is 9.59 Å². The molecule has 5 N–H and O–H groups in total. The van der Waals surface area contributed by atoms with E-state index >= 15 is 0 Å². The molecule has 15 nitrogen and oxygen atoms in total. The monoisotopic (exact) mass is 792 g/mol. The average Bonchev–Trinajstić information content (AvgIpc) is 4.05. The van der Waals surface area contributed by atoms with E-state index in [4.69, 9.17) is 14.1 Å². The number of amides is 4. The smallest absolute Gasteiger partial charge is 0.407 e. The van der Waals surface area contributed by atoms with Gasteiger partial charge in [-0.1, -0.05) is 52.0 Å². The molecule has 306 valence electrons. The Balaban J connectivity index is 1.03. The molecule has 5 aromatic rings. The summed E-state index contributed by atoms with van der Waals surface area (Å²) in [7, 11) is 1.29. The average molecular weight is 793 g/mol. The van der Waals surface area contributed by atoms with Crippen LogP contribution in [-0.4, -0.2) is 91.1 Å². The first-order valence-corrected chi connectivity index (χ1v) is 20.1. The lowest BCUT2D eigenvalue weighted by molar-refractivity contribution is -0.135. The molecule has 2 aliphatic heterocycles. The minimum atomic E-state index is -1.21. The molecule has 15 heteroatoms. The van der Waals surface area contributed by atoms with E-state index in [2.05, 4.69) is 31.7 Å². The molecule has 0 aliphatic carbocycles. The lowest BCUT2D eigenvalue weighted by Gasteiger charge is -2.29. The van der Waals surface area contributed by atoms with E-state index in [0.717, 1.165) is 70.5 Å². The number of carbonyl (C=O) groups excluding carboxylic acids is 3. The number of benzene rings is 2. The SMILES string of the molecule is COC(=O)N[C@@H](CC(C)C)C(=O)N1CCC[C@H]1c1ncc(-c2ccc3oc(-c4ccc(-c5cnc([C@@H]6CCCN6C(=O)[C@H](CC(C)C)NC(=O)O)[nH]5)cc4)cc3c2)[nH]1. The van der Waals surface area contributed by atoms with Crippen LogP contribution < -0.4 is 10.6 Å². The molecule has 7 rings (SSSR count). The van der Waals surface area contributed by atoms with Crippen molar-refractivity contribution in [2.24, 2.45) is 11.8 Å². The van der Waals surface area contributed by atoms with Gasteiger partial charge >= 0.3 is 12.2 Å². The number of methoxy groups -OCH3 is 1. The topological polar surface area (TPSA) is 199 Å². The Morgan fingerprint density at radius 3 is 1.83 bits per heavy atom. The van der Waals surface area contributed by atoms with Crippen molar-refractivity contribution in [3.63, 3.8) is 0 Å². The van der Waals surface area contributed by atoms with Crippen molar-refractivity contribution in [2.75, 3.05) is 20.2 Å². The summed E-state index contributed by atoms with van der Waals surface area (Å²) in [5.74, 6) is 2.09. The zero-order valence-electron chi connectivity index (χ0n) is 33.6. The summed E-state index contributed by atoms with van der Waals surface area (Å²) in [6.07, 6.45) is 5.81. The van der Waals surface area contributed by atoms with Crippen LogP contribution in [0, 0.1) is 11.8 Å². The van der Waals surface area contributed by atoms with Crippen molar-refractivity contribution in [2.45, 2.75) is 90.4 Å². The van der Waals surface area contributed by atoms with Gasteiger partial charge in [0.1, 0.15) is 35.1 Å². The molecular weight excluding hydrogens is 741 g/mol. The minimum absolute atomic E-state index is 0.137. The number of carboxylic acid groups (broad SMARTS) is 1. The molecule has 2 fully saturated rings. The third kappa shape index (κ3) is 8.72. The molecule has 58 heavy (non-hydrogen) atoms. The van der Waals surface area contributed by atoms with Crippen molar-refractivity contribution in [3.05, 3.63) is 72.6 Å². The number of furan rings is 1. The maximum Gasteiger partial charge on any atom is 0.407 e. The number of nitrogens with one attached hydrogen (secondary N) is 4. The fourth-order valence-corrected chi connectivity index (χ4v) is 8.24. The fourth-order valence-electron chi connectivity index (χ4n) is 8.24. The van der Waals surface area contributed by atoms with Gasteiger partial charge in [-0.25, -0.2) is 19.6 Å². The molecule has 0 bridgehead atoms. The second-order valence-electron chi connectivity index (χ2n) is 16.1. The Morgan fingerprint density at radius 1 is 0.776 bits per heavy atom. The quantitative estimate of drug-likeness (QED) is 0.0794. The Bertz CT molecular complexity index is 2260. The van der Waals surface area contributed by atoms with Crippen LogP contribution >= 0.6 is 0 Å². The minimum Gasteiger partial charge on any atom is -0.465 e. The van der Waals surface area contributed by atoms with Crippen LogP contribution in [0.1, 0.15) is 90.0 Å². The van der Waals surface area contributed by atoms with Gasteiger partial charge in [0.2, 0.25) is 11.8 Å². The van der Waals surface area contributed by atoms with Crippen LogP contribution in [0.2, 0.25) is 0 Å². The predicted octanol–water partition coefficient (Wildman–Crippen LogP) is 7.66. The fraction of sp³-hybridized carbons (Fsp3) is 0.442. The lowest BCUT2D eigenvalue weighted by atomic mass is 10.0. The van der Waals surface area contributed by atoms with Crippen LogP contribution in [0.25, 0.3) is 44.8 Å². The molecule has 2 aromatic carbocycles. The summed E-state index contributed by atoms with van der Waals surface area (Å²) in [5, 5.41) is 15.4. The van der Waals surface area contributed by atoms with Crippen molar-refractivity contribution in [3.8, 4) is 33.8 Å². The van der Waals surface area contributed by atoms with Crippen LogP contribution in [0.5, 0.6) is 0 Å². The number of nitrogens with zero attached hydrogens (tertiary/aromatic N) is 4. The third-order valence-electron chi connectivity index (χ3n) is 11.0. The summed E-state index contributed by atoms with van der Waals surface area (Å²) in [6.45, 7) is 9.09. The zero-order chi connectivity index (χ0) is 41.1. The number of rotatable bonds is 13. The highest BCUT2D eigenvalue weighted by Gasteiger charge is 2.38. The number of H-pyrrole nitrogens is 2. The van der Waals surface area contributed by atoms with E-state index in [9.17, 15) is 24.3 Å². The second-order valence-corrected chi connectivity index (χ2v) is 16.1.